The zero-order chi connectivity index (χ0) is 12.5. The third-order valence-corrected chi connectivity index (χ3v) is 3.11. The van der Waals surface area contributed by atoms with Gasteiger partial charge < -0.3 is 20.3 Å². The lowest BCUT2D eigenvalue weighted by atomic mass is 10.2. The molecule has 1 aliphatic rings. The third kappa shape index (κ3) is 4.91. The van der Waals surface area contributed by atoms with Crippen LogP contribution in [0.4, 0.5) is 4.79 Å². The molecule has 1 aliphatic heterocycles. The van der Waals surface area contributed by atoms with E-state index in [-0.39, 0.29) is 6.03 Å². The van der Waals surface area contributed by atoms with Gasteiger partial charge in [-0.1, -0.05) is 12.8 Å². The van der Waals surface area contributed by atoms with Crippen LogP contribution in [0.25, 0.3) is 0 Å². The van der Waals surface area contributed by atoms with Crippen molar-refractivity contribution in [2.45, 2.75) is 25.7 Å². The van der Waals surface area contributed by atoms with Gasteiger partial charge in [0.1, 0.15) is 0 Å². The summed E-state index contributed by atoms with van der Waals surface area (Å²) < 4.78 is 5.03. The molecule has 5 heteroatoms. The molecule has 2 N–H and O–H groups in total. The highest BCUT2D eigenvalue weighted by atomic mass is 16.5. The van der Waals surface area contributed by atoms with Gasteiger partial charge in [0.2, 0.25) is 0 Å². The maximum Gasteiger partial charge on any atom is 0.320 e. The maximum absolute atomic E-state index is 12.3. The average molecular weight is 243 g/mol. The molecule has 0 saturated carbocycles. The first kappa shape index (κ1) is 14.3. The van der Waals surface area contributed by atoms with Crippen molar-refractivity contribution in [2.75, 3.05) is 46.4 Å². The van der Waals surface area contributed by atoms with Crippen LogP contribution in [0, 0.1) is 0 Å². The molecule has 0 aromatic rings. The van der Waals surface area contributed by atoms with E-state index in [1.165, 1.54) is 12.8 Å². The quantitative estimate of drug-likeness (QED) is 0.780. The van der Waals surface area contributed by atoms with Crippen LogP contribution in [-0.4, -0.2) is 62.3 Å². The maximum atomic E-state index is 12.3. The van der Waals surface area contributed by atoms with Crippen molar-refractivity contribution in [1.82, 2.24) is 9.80 Å². The molecule has 0 bridgehead atoms. The summed E-state index contributed by atoms with van der Waals surface area (Å²) in [6, 6.07) is 0.120. The molecule has 5 nitrogen and oxygen atoms in total. The Labute approximate surface area is 104 Å². The number of hydrogen-bond acceptors (Lipinski definition) is 3. The second kappa shape index (κ2) is 8.31. The van der Waals surface area contributed by atoms with Gasteiger partial charge in [-0.2, -0.15) is 0 Å². The Hall–Kier alpha value is -0.810. The van der Waals surface area contributed by atoms with Gasteiger partial charge in [0, 0.05) is 39.8 Å². The highest BCUT2D eigenvalue weighted by Crippen LogP contribution is 2.11. The summed E-state index contributed by atoms with van der Waals surface area (Å²) in [6.07, 6.45) is 4.70. The summed E-state index contributed by atoms with van der Waals surface area (Å²) >= 11 is 0. The normalized spacial score (nSPS) is 16.7. The number of ether oxygens (including phenoxy) is 1. The summed E-state index contributed by atoms with van der Waals surface area (Å²) in [7, 11) is 1.65. The van der Waals surface area contributed by atoms with Crippen LogP contribution in [0.1, 0.15) is 25.7 Å². The number of urea groups is 1. The molecule has 1 fully saturated rings. The van der Waals surface area contributed by atoms with E-state index in [0.717, 1.165) is 25.9 Å². The third-order valence-electron chi connectivity index (χ3n) is 3.11. The van der Waals surface area contributed by atoms with Crippen LogP contribution in [0.5, 0.6) is 0 Å². The monoisotopic (exact) mass is 243 g/mol. The molecule has 2 amide bonds. The van der Waals surface area contributed by atoms with Gasteiger partial charge in [0.05, 0.1) is 6.61 Å². The number of nitrogens with zero attached hydrogens (tertiary/aromatic N) is 2. The summed E-state index contributed by atoms with van der Waals surface area (Å²) in [4.78, 5) is 16.0. The van der Waals surface area contributed by atoms with Crippen molar-refractivity contribution in [1.29, 1.82) is 0 Å². The molecule has 1 rings (SSSR count). The van der Waals surface area contributed by atoms with Crippen molar-refractivity contribution in [3.8, 4) is 0 Å². The largest absolute Gasteiger partial charge is 0.383 e. The van der Waals surface area contributed by atoms with Crippen molar-refractivity contribution in [2.24, 2.45) is 5.73 Å². The Morgan fingerprint density at radius 2 is 1.88 bits per heavy atom. The SMILES string of the molecule is COCCN(CCN)C(=O)N1CCCCCC1. The van der Waals surface area contributed by atoms with Crippen LogP contribution in [-0.2, 0) is 4.74 Å². The van der Waals surface area contributed by atoms with Gasteiger partial charge in [0.25, 0.3) is 0 Å². The lowest BCUT2D eigenvalue weighted by Crippen LogP contribution is -2.46. The highest BCUT2D eigenvalue weighted by molar-refractivity contribution is 5.74. The van der Waals surface area contributed by atoms with Crippen LogP contribution in [0.15, 0.2) is 0 Å². The number of carbonyl (C=O) groups excluding carboxylic acids is 1. The predicted molar refractivity (Wildman–Crippen MR) is 67.9 cm³/mol. The minimum Gasteiger partial charge on any atom is -0.383 e. The fourth-order valence-corrected chi connectivity index (χ4v) is 2.12. The summed E-state index contributed by atoms with van der Waals surface area (Å²) in [5.74, 6) is 0. The van der Waals surface area contributed by atoms with Gasteiger partial charge in [0.15, 0.2) is 0 Å². The van der Waals surface area contributed by atoms with Gasteiger partial charge in [-0.15, -0.1) is 0 Å². The number of nitrogens with two attached hydrogens (primary N) is 1. The smallest absolute Gasteiger partial charge is 0.320 e. The zero-order valence-corrected chi connectivity index (χ0v) is 10.9. The molecule has 0 spiro atoms. The first-order valence-corrected chi connectivity index (χ1v) is 6.52. The fraction of sp³-hybridized carbons (Fsp3) is 0.917. The van der Waals surface area contributed by atoms with Gasteiger partial charge in [-0.05, 0) is 12.8 Å². The standard InChI is InChI=1S/C12H25N3O2/c1-17-11-10-15(9-6-13)12(16)14-7-4-2-3-5-8-14/h2-11,13H2,1H3. The number of carbonyl (C=O) groups is 1. The number of methoxy groups -OCH3 is 1. The van der Waals surface area contributed by atoms with Crippen LogP contribution in [0.3, 0.4) is 0 Å². The molecule has 0 aromatic carbocycles. The van der Waals surface area contributed by atoms with Crippen LogP contribution in [0.2, 0.25) is 0 Å². The van der Waals surface area contributed by atoms with Gasteiger partial charge in [-0.25, -0.2) is 4.79 Å². The molecule has 1 saturated heterocycles. The molecule has 0 unspecified atom stereocenters. The fourth-order valence-electron chi connectivity index (χ4n) is 2.12. The Kier molecular flexibility index (Phi) is 6.96. The first-order valence-electron chi connectivity index (χ1n) is 6.52. The first-order chi connectivity index (χ1) is 8.29. The number of amides is 2. The number of likely N-dealkylation sites (tertiary alicyclic amines) is 1. The van der Waals surface area contributed by atoms with E-state index in [9.17, 15) is 4.79 Å². The van der Waals surface area contributed by atoms with Gasteiger partial charge >= 0.3 is 6.03 Å². The summed E-state index contributed by atoms with van der Waals surface area (Å²) in [5.41, 5.74) is 5.55. The molecule has 0 radical (unpaired) electrons. The molecule has 0 aliphatic carbocycles. The highest BCUT2D eigenvalue weighted by Gasteiger charge is 2.20. The lowest BCUT2D eigenvalue weighted by molar-refractivity contribution is 0.127. The van der Waals surface area contributed by atoms with Crippen molar-refractivity contribution < 1.29 is 9.53 Å². The summed E-state index contributed by atoms with van der Waals surface area (Å²) in [6.45, 7) is 4.07. The number of hydrogen-bond donors (Lipinski definition) is 1. The zero-order valence-electron chi connectivity index (χ0n) is 10.9. The Balaban J connectivity index is 2.48. The topological polar surface area (TPSA) is 58.8 Å². The van der Waals surface area contributed by atoms with E-state index in [4.69, 9.17) is 10.5 Å². The van der Waals surface area contributed by atoms with Crippen LogP contribution < -0.4 is 5.73 Å². The lowest BCUT2D eigenvalue weighted by Gasteiger charge is -2.29. The van der Waals surface area contributed by atoms with Crippen LogP contribution >= 0.6 is 0 Å². The van der Waals surface area contributed by atoms with E-state index in [0.29, 0.717) is 26.2 Å². The molecular formula is C12H25N3O2. The summed E-state index contributed by atoms with van der Waals surface area (Å²) in [5, 5.41) is 0. The molecule has 100 valence electrons. The van der Waals surface area contributed by atoms with E-state index in [2.05, 4.69) is 0 Å². The van der Waals surface area contributed by atoms with Crippen molar-refractivity contribution in [3.05, 3.63) is 0 Å². The second-order valence-electron chi connectivity index (χ2n) is 4.45. The van der Waals surface area contributed by atoms with E-state index < -0.39 is 0 Å². The van der Waals surface area contributed by atoms with Crippen molar-refractivity contribution in [3.63, 3.8) is 0 Å². The van der Waals surface area contributed by atoms with E-state index in [1.807, 2.05) is 4.90 Å². The predicted octanol–water partition coefficient (Wildman–Crippen LogP) is 0.890. The Morgan fingerprint density at radius 1 is 1.24 bits per heavy atom. The second-order valence-corrected chi connectivity index (χ2v) is 4.45. The molecule has 1 heterocycles. The Morgan fingerprint density at radius 3 is 2.41 bits per heavy atom. The minimum atomic E-state index is 0.120. The molecular weight excluding hydrogens is 218 g/mol. The average Bonchev–Trinajstić information content (AvgIpc) is 2.62. The minimum absolute atomic E-state index is 0.120. The van der Waals surface area contributed by atoms with E-state index >= 15 is 0 Å². The van der Waals surface area contributed by atoms with E-state index in [1.54, 1.807) is 12.0 Å². The number of rotatable bonds is 5. The molecule has 0 aromatic heterocycles. The molecule has 0 atom stereocenters. The Bertz CT molecular complexity index is 216. The van der Waals surface area contributed by atoms with Crippen molar-refractivity contribution >= 4 is 6.03 Å². The van der Waals surface area contributed by atoms with Gasteiger partial charge in [-0.3, -0.25) is 0 Å². The molecule has 17 heavy (non-hydrogen) atoms.